The van der Waals surface area contributed by atoms with Gasteiger partial charge in [0, 0.05) is 7.11 Å². The number of ether oxygens (including phenoxy) is 3. The van der Waals surface area contributed by atoms with Gasteiger partial charge in [-0.1, -0.05) is 30.3 Å². The predicted molar refractivity (Wildman–Crippen MR) is 69.8 cm³/mol. The number of hydrogen-bond acceptors (Lipinski definition) is 6. The molecule has 1 aromatic carbocycles. The van der Waals surface area contributed by atoms with Gasteiger partial charge in [-0.2, -0.15) is 0 Å². The van der Waals surface area contributed by atoms with Gasteiger partial charge in [-0.25, -0.2) is 0 Å². The van der Waals surface area contributed by atoms with Gasteiger partial charge in [0.05, 0.1) is 13.2 Å². The summed E-state index contributed by atoms with van der Waals surface area (Å²) < 4.78 is 15.9. The molecular formula is C14H20O6. The Bertz CT molecular complexity index is 398. The normalized spacial score (nSPS) is 34.1. The molecule has 0 saturated carbocycles. The van der Waals surface area contributed by atoms with Crippen LogP contribution in [-0.4, -0.2) is 59.7 Å². The van der Waals surface area contributed by atoms with Crippen LogP contribution in [0.2, 0.25) is 0 Å². The van der Waals surface area contributed by atoms with E-state index in [1.54, 1.807) is 0 Å². The Hall–Kier alpha value is -1.02. The molecule has 5 atom stereocenters. The fourth-order valence-electron chi connectivity index (χ4n) is 2.22. The zero-order valence-electron chi connectivity index (χ0n) is 11.3. The summed E-state index contributed by atoms with van der Waals surface area (Å²) in [6, 6.07) is 9.45. The minimum absolute atomic E-state index is 0.257. The highest BCUT2D eigenvalue weighted by Gasteiger charge is 2.45. The number of aliphatic hydroxyl groups excluding tert-OH is 3. The second-order valence-electron chi connectivity index (χ2n) is 4.70. The van der Waals surface area contributed by atoms with Gasteiger partial charge in [-0.15, -0.1) is 0 Å². The lowest BCUT2D eigenvalue weighted by Gasteiger charge is -2.41. The SMILES string of the molecule is CO[C@@H]1[C@@H](O)[C@H](OCc2ccccc2)O[C@H](CO)[C@H]1O. The van der Waals surface area contributed by atoms with Crippen molar-refractivity contribution in [2.75, 3.05) is 13.7 Å². The van der Waals surface area contributed by atoms with Crippen LogP contribution in [0.25, 0.3) is 0 Å². The van der Waals surface area contributed by atoms with E-state index in [1.807, 2.05) is 30.3 Å². The molecule has 6 heteroatoms. The van der Waals surface area contributed by atoms with Gasteiger partial charge in [0.15, 0.2) is 6.29 Å². The van der Waals surface area contributed by atoms with E-state index in [-0.39, 0.29) is 13.2 Å². The zero-order chi connectivity index (χ0) is 14.5. The first kappa shape index (κ1) is 15.4. The number of hydrogen-bond donors (Lipinski definition) is 3. The van der Waals surface area contributed by atoms with E-state index in [2.05, 4.69) is 0 Å². The smallest absolute Gasteiger partial charge is 0.187 e. The highest BCUT2D eigenvalue weighted by Crippen LogP contribution is 2.24. The molecular weight excluding hydrogens is 264 g/mol. The number of aliphatic hydroxyl groups is 3. The summed E-state index contributed by atoms with van der Waals surface area (Å²) in [6.45, 7) is -0.119. The Morgan fingerprint density at radius 3 is 2.45 bits per heavy atom. The zero-order valence-corrected chi connectivity index (χ0v) is 11.3. The average molecular weight is 284 g/mol. The molecule has 1 aliphatic heterocycles. The van der Waals surface area contributed by atoms with Crippen molar-refractivity contribution in [2.45, 2.75) is 37.3 Å². The maximum absolute atomic E-state index is 10.1. The summed E-state index contributed by atoms with van der Waals surface area (Å²) in [6.07, 6.45) is -4.88. The highest BCUT2D eigenvalue weighted by atomic mass is 16.7. The molecule has 0 bridgehead atoms. The van der Waals surface area contributed by atoms with Crippen LogP contribution < -0.4 is 0 Å². The van der Waals surface area contributed by atoms with E-state index >= 15 is 0 Å². The summed E-state index contributed by atoms with van der Waals surface area (Å²) in [7, 11) is 1.38. The van der Waals surface area contributed by atoms with Crippen molar-refractivity contribution in [3.8, 4) is 0 Å². The summed E-state index contributed by atoms with van der Waals surface area (Å²) in [5.41, 5.74) is 0.934. The molecule has 0 spiro atoms. The van der Waals surface area contributed by atoms with Crippen LogP contribution in [-0.2, 0) is 20.8 Å². The molecule has 6 nitrogen and oxygen atoms in total. The number of benzene rings is 1. The second kappa shape index (κ2) is 7.12. The standard InChI is InChI=1S/C14H20O6/c1-18-13-11(16)10(7-15)20-14(12(13)17)19-8-9-5-3-2-4-6-9/h2-6,10-17H,7-8H2,1H3/t10-,11-,12-,13+,14-/m1/s1. The topological polar surface area (TPSA) is 88.4 Å². The van der Waals surface area contributed by atoms with Crippen LogP contribution in [0, 0.1) is 0 Å². The van der Waals surface area contributed by atoms with Gasteiger partial charge in [0.2, 0.25) is 0 Å². The monoisotopic (exact) mass is 284 g/mol. The van der Waals surface area contributed by atoms with E-state index in [1.165, 1.54) is 7.11 Å². The third-order valence-corrected chi connectivity index (χ3v) is 3.35. The van der Waals surface area contributed by atoms with Crippen molar-refractivity contribution >= 4 is 0 Å². The largest absolute Gasteiger partial charge is 0.394 e. The molecule has 1 heterocycles. The van der Waals surface area contributed by atoms with E-state index < -0.39 is 30.7 Å². The van der Waals surface area contributed by atoms with Crippen molar-refractivity contribution in [1.82, 2.24) is 0 Å². The van der Waals surface area contributed by atoms with Crippen molar-refractivity contribution in [1.29, 1.82) is 0 Å². The molecule has 1 fully saturated rings. The van der Waals surface area contributed by atoms with Gasteiger partial charge in [-0.3, -0.25) is 0 Å². The minimum Gasteiger partial charge on any atom is -0.394 e. The van der Waals surface area contributed by atoms with Crippen LogP contribution in [0.3, 0.4) is 0 Å². The van der Waals surface area contributed by atoms with Crippen molar-refractivity contribution < 1.29 is 29.5 Å². The first-order valence-electron chi connectivity index (χ1n) is 6.48. The molecule has 3 N–H and O–H groups in total. The Labute approximate surface area is 117 Å². The molecule has 0 radical (unpaired) electrons. The molecule has 0 unspecified atom stereocenters. The molecule has 0 aliphatic carbocycles. The van der Waals surface area contributed by atoms with Crippen LogP contribution in [0.4, 0.5) is 0 Å². The number of rotatable bonds is 5. The number of methoxy groups -OCH3 is 1. The van der Waals surface area contributed by atoms with Crippen LogP contribution in [0.5, 0.6) is 0 Å². The van der Waals surface area contributed by atoms with Gasteiger partial charge >= 0.3 is 0 Å². The fourth-order valence-corrected chi connectivity index (χ4v) is 2.22. The predicted octanol–water partition coefficient (Wildman–Crippen LogP) is -0.343. The first-order valence-corrected chi connectivity index (χ1v) is 6.48. The highest BCUT2D eigenvalue weighted by molar-refractivity contribution is 5.13. The summed E-state index contributed by atoms with van der Waals surface area (Å²) >= 11 is 0. The van der Waals surface area contributed by atoms with Crippen LogP contribution in [0.15, 0.2) is 30.3 Å². The first-order chi connectivity index (χ1) is 9.67. The molecule has 1 aliphatic rings. The molecule has 0 amide bonds. The van der Waals surface area contributed by atoms with E-state index in [4.69, 9.17) is 14.2 Å². The Morgan fingerprint density at radius 2 is 1.85 bits per heavy atom. The van der Waals surface area contributed by atoms with Crippen molar-refractivity contribution in [3.05, 3.63) is 35.9 Å². The lowest BCUT2D eigenvalue weighted by molar-refractivity contribution is -0.307. The Morgan fingerprint density at radius 1 is 1.15 bits per heavy atom. The molecule has 20 heavy (non-hydrogen) atoms. The van der Waals surface area contributed by atoms with E-state index in [0.717, 1.165) is 5.56 Å². The molecule has 1 saturated heterocycles. The van der Waals surface area contributed by atoms with Gasteiger partial charge in [0.25, 0.3) is 0 Å². The van der Waals surface area contributed by atoms with E-state index in [9.17, 15) is 15.3 Å². The van der Waals surface area contributed by atoms with Gasteiger partial charge in [0.1, 0.15) is 24.4 Å². The van der Waals surface area contributed by atoms with Crippen molar-refractivity contribution in [3.63, 3.8) is 0 Å². The van der Waals surface area contributed by atoms with Gasteiger partial charge in [-0.05, 0) is 5.56 Å². The summed E-state index contributed by atoms with van der Waals surface area (Å²) in [4.78, 5) is 0. The van der Waals surface area contributed by atoms with Crippen LogP contribution in [0.1, 0.15) is 5.56 Å². The fraction of sp³-hybridized carbons (Fsp3) is 0.571. The summed E-state index contributed by atoms with van der Waals surface area (Å²) in [5.74, 6) is 0. The maximum atomic E-state index is 10.1. The molecule has 2 rings (SSSR count). The Balaban J connectivity index is 1.99. The molecule has 0 aromatic heterocycles. The lowest BCUT2D eigenvalue weighted by atomic mass is 9.99. The Kier molecular flexibility index (Phi) is 5.47. The second-order valence-corrected chi connectivity index (χ2v) is 4.70. The van der Waals surface area contributed by atoms with Crippen molar-refractivity contribution in [2.24, 2.45) is 0 Å². The van der Waals surface area contributed by atoms with Crippen LogP contribution >= 0.6 is 0 Å². The minimum atomic E-state index is -1.12. The van der Waals surface area contributed by atoms with E-state index in [0.29, 0.717) is 0 Å². The third kappa shape index (κ3) is 3.35. The average Bonchev–Trinajstić information content (AvgIpc) is 2.48. The van der Waals surface area contributed by atoms with Gasteiger partial charge < -0.3 is 29.5 Å². The third-order valence-electron chi connectivity index (χ3n) is 3.35. The maximum Gasteiger partial charge on any atom is 0.187 e. The molecule has 1 aromatic rings. The lowest BCUT2D eigenvalue weighted by Crippen LogP contribution is -2.59. The summed E-state index contributed by atoms with van der Waals surface area (Å²) in [5, 5.41) is 29.1. The quantitative estimate of drug-likeness (QED) is 0.685. The molecule has 112 valence electrons.